The third-order valence-electron chi connectivity index (χ3n) is 4.48. The quantitative estimate of drug-likeness (QED) is 0.553. The molecule has 4 rings (SSSR count). The fraction of sp³-hybridized carbons (Fsp3) is 0.368. The summed E-state index contributed by atoms with van der Waals surface area (Å²) in [5.41, 5.74) is 3.65. The van der Waals surface area contributed by atoms with Gasteiger partial charge in [-0.15, -0.1) is 0 Å². The molecule has 0 fully saturated rings. The fourth-order valence-corrected chi connectivity index (χ4v) is 2.92. The number of aromatic nitrogens is 5. The highest BCUT2D eigenvalue weighted by atomic mass is 16.5. The topological polar surface area (TPSA) is 69.6 Å². The molecule has 0 radical (unpaired) electrons. The molecule has 0 N–H and O–H groups in total. The molecule has 0 spiro atoms. The minimum Gasteiger partial charge on any atom is -0.358 e. The van der Waals surface area contributed by atoms with Gasteiger partial charge in [-0.3, -0.25) is 9.67 Å². The van der Waals surface area contributed by atoms with Gasteiger partial charge in [-0.1, -0.05) is 25.9 Å². The van der Waals surface area contributed by atoms with Crippen molar-refractivity contribution in [2.45, 2.75) is 45.6 Å². The summed E-state index contributed by atoms with van der Waals surface area (Å²) in [6, 6.07) is 7.80. The highest BCUT2D eigenvalue weighted by Crippen LogP contribution is 2.32. The second kappa shape index (κ2) is 5.12. The van der Waals surface area contributed by atoms with Crippen LogP contribution in [-0.2, 0) is 11.0 Å². The third-order valence-corrected chi connectivity index (χ3v) is 4.48. The summed E-state index contributed by atoms with van der Waals surface area (Å²) in [4.78, 5) is 9.25. The minimum atomic E-state index is -0.429. The smallest absolute Gasteiger partial charge is 0.168 e. The van der Waals surface area contributed by atoms with Crippen LogP contribution in [0.15, 0.2) is 41.2 Å². The molecule has 0 unspecified atom stereocenters. The fourth-order valence-electron chi connectivity index (χ4n) is 2.92. The van der Waals surface area contributed by atoms with Crippen molar-refractivity contribution < 1.29 is 4.52 Å². The standard InChI is InChI=1S/C19H21N5O/c1-18(2,3)17-16-13(23-25-17)8-9-15(21-16)19(4,5)24-11-14-12(22-24)7-6-10-20-14/h6-11H,1-5H3. The van der Waals surface area contributed by atoms with Gasteiger partial charge in [-0.05, 0) is 38.1 Å². The molecule has 25 heavy (non-hydrogen) atoms. The van der Waals surface area contributed by atoms with Crippen molar-refractivity contribution in [1.82, 2.24) is 24.9 Å². The lowest BCUT2D eigenvalue weighted by molar-refractivity contribution is 0.335. The van der Waals surface area contributed by atoms with Gasteiger partial charge in [0.25, 0.3) is 0 Å². The molecule has 4 aromatic rings. The van der Waals surface area contributed by atoms with Crippen LogP contribution in [0.4, 0.5) is 0 Å². The van der Waals surface area contributed by atoms with Crippen molar-refractivity contribution in [3.63, 3.8) is 0 Å². The number of rotatable bonds is 2. The highest BCUT2D eigenvalue weighted by molar-refractivity contribution is 5.77. The third kappa shape index (κ3) is 2.49. The van der Waals surface area contributed by atoms with E-state index in [0.717, 1.165) is 33.5 Å². The monoisotopic (exact) mass is 335 g/mol. The minimum absolute atomic E-state index is 0.158. The van der Waals surface area contributed by atoms with E-state index in [1.165, 1.54) is 0 Å². The summed E-state index contributed by atoms with van der Waals surface area (Å²) in [7, 11) is 0. The summed E-state index contributed by atoms with van der Waals surface area (Å²) in [6.45, 7) is 10.5. The van der Waals surface area contributed by atoms with E-state index in [4.69, 9.17) is 9.51 Å². The Morgan fingerprint density at radius 3 is 2.48 bits per heavy atom. The van der Waals surface area contributed by atoms with Crippen LogP contribution in [0.1, 0.15) is 46.1 Å². The average molecular weight is 335 g/mol. The van der Waals surface area contributed by atoms with Crippen molar-refractivity contribution in [1.29, 1.82) is 0 Å². The van der Waals surface area contributed by atoms with E-state index in [9.17, 15) is 0 Å². The van der Waals surface area contributed by atoms with Gasteiger partial charge in [0, 0.05) is 11.6 Å². The summed E-state index contributed by atoms with van der Waals surface area (Å²) in [5.74, 6) is 0.799. The number of nitrogens with zero attached hydrogens (tertiary/aromatic N) is 5. The Labute approximate surface area is 145 Å². The zero-order valence-electron chi connectivity index (χ0n) is 15.1. The molecule has 0 aromatic carbocycles. The van der Waals surface area contributed by atoms with Crippen LogP contribution in [0.2, 0.25) is 0 Å². The second-order valence-corrected chi connectivity index (χ2v) is 7.87. The first-order chi connectivity index (χ1) is 11.8. The predicted octanol–water partition coefficient (Wildman–Crippen LogP) is 4.05. The zero-order valence-corrected chi connectivity index (χ0v) is 15.1. The lowest BCUT2D eigenvalue weighted by atomic mass is 9.92. The van der Waals surface area contributed by atoms with E-state index < -0.39 is 5.54 Å². The number of hydrogen-bond acceptors (Lipinski definition) is 5. The lowest BCUT2D eigenvalue weighted by Gasteiger charge is -2.25. The van der Waals surface area contributed by atoms with Gasteiger partial charge < -0.3 is 4.52 Å². The van der Waals surface area contributed by atoms with Gasteiger partial charge in [-0.25, -0.2) is 4.98 Å². The first kappa shape index (κ1) is 15.7. The van der Waals surface area contributed by atoms with E-state index in [1.807, 2.05) is 35.1 Å². The Bertz CT molecular complexity index is 1040. The normalized spacial score (nSPS) is 13.0. The Morgan fingerprint density at radius 1 is 0.960 bits per heavy atom. The Morgan fingerprint density at radius 2 is 1.76 bits per heavy atom. The van der Waals surface area contributed by atoms with Gasteiger partial charge in [0.1, 0.15) is 22.1 Å². The Balaban J connectivity index is 1.87. The first-order valence-electron chi connectivity index (χ1n) is 8.35. The van der Waals surface area contributed by atoms with Gasteiger partial charge in [0.15, 0.2) is 5.76 Å². The Kier molecular flexibility index (Phi) is 3.22. The van der Waals surface area contributed by atoms with Gasteiger partial charge in [-0.2, -0.15) is 5.10 Å². The number of pyridine rings is 2. The van der Waals surface area contributed by atoms with Gasteiger partial charge >= 0.3 is 0 Å². The van der Waals surface area contributed by atoms with Crippen molar-refractivity contribution in [3.05, 3.63) is 48.1 Å². The maximum Gasteiger partial charge on any atom is 0.168 e. The molecule has 4 aromatic heterocycles. The molecular formula is C19H21N5O. The van der Waals surface area contributed by atoms with E-state index in [0.29, 0.717) is 0 Å². The van der Waals surface area contributed by atoms with Crippen LogP contribution in [0, 0.1) is 0 Å². The molecule has 0 aliphatic carbocycles. The van der Waals surface area contributed by atoms with E-state index in [2.05, 4.69) is 49.9 Å². The average Bonchev–Trinajstić information content (AvgIpc) is 3.18. The molecule has 0 aliphatic heterocycles. The van der Waals surface area contributed by atoms with Gasteiger partial charge in [0.2, 0.25) is 0 Å². The SMILES string of the molecule is CC(C)(C)c1onc2ccc(C(C)(C)n3cc4ncccc4n3)nc12. The molecule has 0 saturated heterocycles. The molecule has 0 amide bonds. The van der Waals surface area contributed by atoms with E-state index >= 15 is 0 Å². The summed E-state index contributed by atoms with van der Waals surface area (Å²) in [6.07, 6.45) is 3.73. The summed E-state index contributed by atoms with van der Waals surface area (Å²) >= 11 is 0. The van der Waals surface area contributed by atoms with Crippen molar-refractivity contribution in [3.8, 4) is 0 Å². The van der Waals surface area contributed by atoms with Crippen LogP contribution in [0.25, 0.3) is 22.1 Å². The molecule has 0 atom stereocenters. The number of hydrogen-bond donors (Lipinski definition) is 0. The molecule has 0 aliphatic rings. The first-order valence-corrected chi connectivity index (χ1v) is 8.35. The molecule has 6 heteroatoms. The van der Waals surface area contributed by atoms with Crippen molar-refractivity contribution in [2.24, 2.45) is 0 Å². The molecule has 4 heterocycles. The molecule has 6 nitrogen and oxygen atoms in total. The van der Waals surface area contributed by atoms with Crippen LogP contribution in [-0.4, -0.2) is 24.9 Å². The maximum atomic E-state index is 5.56. The largest absolute Gasteiger partial charge is 0.358 e. The predicted molar refractivity (Wildman–Crippen MR) is 96.5 cm³/mol. The lowest BCUT2D eigenvalue weighted by Crippen LogP contribution is -2.29. The molecule has 0 bridgehead atoms. The summed E-state index contributed by atoms with van der Waals surface area (Å²) in [5, 5.41) is 8.82. The van der Waals surface area contributed by atoms with Crippen LogP contribution in [0.5, 0.6) is 0 Å². The van der Waals surface area contributed by atoms with Crippen LogP contribution >= 0.6 is 0 Å². The summed E-state index contributed by atoms with van der Waals surface area (Å²) < 4.78 is 7.48. The van der Waals surface area contributed by atoms with E-state index in [-0.39, 0.29) is 5.41 Å². The Hall–Kier alpha value is -2.76. The van der Waals surface area contributed by atoms with Crippen molar-refractivity contribution >= 4 is 22.1 Å². The molecule has 0 saturated carbocycles. The maximum absolute atomic E-state index is 5.56. The second-order valence-electron chi connectivity index (χ2n) is 7.87. The van der Waals surface area contributed by atoms with Gasteiger partial charge in [0.05, 0.1) is 17.4 Å². The number of fused-ring (bicyclic) bond motifs is 2. The van der Waals surface area contributed by atoms with Crippen LogP contribution in [0.3, 0.4) is 0 Å². The van der Waals surface area contributed by atoms with Crippen LogP contribution < -0.4 is 0 Å². The molecular weight excluding hydrogens is 314 g/mol. The molecule has 128 valence electrons. The zero-order chi connectivity index (χ0) is 17.8. The highest BCUT2D eigenvalue weighted by Gasteiger charge is 2.29. The van der Waals surface area contributed by atoms with E-state index in [1.54, 1.807) is 6.20 Å². The van der Waals surface area contributed by atoms with Crippen molar-refractivity contribution in [2.75, 3.05) is 0 Å².